The van der Waals surface area contributed by atoms with E-state index < -0.39 is 0 Å². The number of aromatic nitrogens is 2. The van der Waals surface area contributed by atoms with Crippen molar-refractivity contribution in [2.45, 2.75) is 32.9 Å². The van der Waals surface area contributed by atoms with Gasteiger partial charge in [0.15, 0.2) is 0 Å². The fraction of sp³-hybridized carbons (Fsp3) is 0.333. The summed E-state index contributed by atoms with van der Waals surface area (Å²) in [5.74, 6) is -0.170. The summed E-state index contributed by atoms with van der Waals surface area (Å²) >= 11 is 0. The van der Waals surface area contributed by atoms with Gasteiger partial charge >= 0.3 is 0 Å². The van der Waals surface area contributed by atoms with Crippen LogP contribution in [0.4, 0.5) is 4.39 Å². The Morgan fingerprint density at radius 2 is 2.00 bits per heavy atom. The summed E-state index contributed by atoms with van der Waals surface area (Å²) < 4.78 is 13.7. The zero-order valence-corrected chi connectivity index (χ0v) is 11.2. The van der Waals surface area contributed by atoms with Crippen LogP contribution in [0.25, 0.3) is 0 Å². The van der Waals surface area contributed by atoms with E-state index in [0.717, 1.165) is 17.8 Å². The van der Waals surface area contributed by atoms with Crippen LogP contribution in [0.2, 0.25) is 0 Å². The Bertz CT molecular complexity index is 525. The minimum atomic E-state index is -0.170. The van der Waals surface area contributed by atoms with Crippen LogP contribution in [0.15, 0.2) is 36.7 Å². The average molecular weight is 259 g/mol. The summed E-state index contributed by atoms with van der Waals surface area (Å²) in [6.07, 6.45) is 4.30. The van der Waals surface area contributed by atoms with Crippen molar-refractivity contribution in [2.75, 3.05) is 0 Å². The number of rotatable bonds is 5. The smallest absolute Gasteiger partial charge is 0.127 e. The van der Waals surface area contributed by atoms with Crippen LogP contribution >= 0.6 is 0 Å². The van der Waals surface area contributed by atoms with E-state index in [1.165, 1.54) is 6.07 Å². The highest BCUT2D eigenvalue weighted by molar-refractivity contribution is 5.21. The van der Waals surface area contributed by atoms with Crippen molar-refractivity contribution in [2.24, 2.45) is 0 Å². The Hall–Kier alpha value is -1.81. The summed E-state index contributed by atoms with van der Waals surface area (Å²) in [5, 5.41) is 3.32. The second kappa shape index (κ2) is 6.38. The molecule has 0 saturated heterocycles. The first-order chi connectivity index (χ1) is 9.20. The molecule has 1 heterocycles. The molecule has 1 atom stereocenters. The van der Waals surface area contributed by atoms with E-state index >= 15 is 0 Å². The highest BCUT2D eigenvalue weighted by Crippen LogP contribution is 2.19. The maximum absolute atomic E-state index is 13.7. The zero-order valence-electron chi connectivity index (χ0n) is 11.2. The summed E-state index contributed by atoms with van der Waals surface area (Å²) in [6.45, 7) is 4.52. The fourth-order valence-electron chi connectivity index (χ4n) is 1.97. The molecule has 19 heavy (non-hydrogen) atoms. The molecule has 2 rings (SSSR count). The van der Waals surface area contributed by atoms with Gasteiger partial charge in [-0.1, -0.05) is 25.1 Å². The Morgan fingerprint density at radius 1 is 1.21 bits per heavy atom. The molecule has 0 spiro atoms. The second-order valence-electron chi connectivity index (χ2n) is 4.51. The lowest BCUT2D eigenvalue weighted by molar-refractivity contribution is 0.484. The second-order valence-corrected chi connectivity index (χ2v) is 4.51. The van der Waals surface area contributed by atoms with Gasteiger partial charge < -0.3 is 5.32 Å². The molecule has 1 unspecified atom stereocenters. The topological polar surface area (TPSA) is 37.8 Å². The molecule has 1 N–H and O–H groups in total. The van der Waals surface area contributed by atoms with Crippen molar-refractivity contribution in [3.05, 3.63) is 59.4 Å². The lowest BCUT2D eigenvalue weighted by atomic mass is 10.0. The van der Waals surface area contributed by atoms with Gasteiger partial charge in [0.25, 0.3) is 0 Å². The van der Waals surface area contributed by atoms with E-state index in [9.17, 15) is 4.39 Å². The van der Waals surface area contributed by atoms with E-state index in [2.05, 4.69) is 15.3 Å². The maximum Gasteiger partial charge on any atom is 0.127 e. The minimum Gasteiger partial charge on any atom is -0.304 e. The quantitative estimate of drug-likeness (QED) is 0.896. The molecule has 2 aromatic rings. The zero-order chi connectivity index (χ0) is 13.7. The minimum absolute atomic E-state index is 0.00990. The van der Waals surface area contributed by atoms with Crippen molar-refractivity contribution in [1.29, 1.82) is 0 Å². The third kappa shape index (κ3) is 3.58. The molecule has 1 aromatic heterocycles. The van der Waals surface area contributed by atoms with Crippen molar-refractivity contribution >= 4 is 0 Å². The van der Waals surface area contributed by atoms with Gasteiger partial charge in [0.05, 0.1) is 11.4 Å². The van der Waals surface area contributed by atoms with Crippen LogP contribution < -0.4 is 5.32 Å². The van der Waals surface area contributed by atoms with E-state index in [-0.39, 0.29) is 11.9 Å². The molecular formula is C15H18FN3. The summed E-state index contributed by atoms with van der Waals surface area (Å²) in [7, 11) is 0. The van der Waals surface area contributed by atoms with Crippen molar-refractivity contribution in [1.82, 2.24) is 15.3 Å². The first kappa shape index (κ1) is 13.6. The van der Waals surface area contributed by atoms with Gasteiger partial charge in [-0.25, -0.2) is 4.39 Å². The van der Waals surface area contributed by atoms with Gasteiger partial charge in [0, 0.05) is 30.5 Å². The lowest BCUT2D eigenvalue weighted by Gasteiger charge is -2.17. The number of nitrogens with zero attached hydrogens (tertiary/aromatic N) is 2. The van der Waals surface area contributed by atoms with Gasteiger partial charge in [-0.05, 0) is 19.4 Å². The SMILES string of the molecule is CCC(NCc1cnc(C)cn1)c1ccccc1F. The van der Waals surface area contributed by atoms with Gasteiger partial charge in [-0.15, -0.1) is 0 Å². The summed E-state index contributed by atoms with van der Waals surface area (Å²) in [4.78, 5) is 8.48. The van der Waals surface area contributed by atoms with E-state index in [0.29, 0.717) is 12.1 Å². The molecule has 0 saturated carbocycles. The Labute approximate surface area is 112 Å². The summed E-state index contributed by atoms with van der Waals surface area (Å²) in [6, 6.07) is 6.86. The number of nitrogens with one attached hydrogen (secondary N) is 1. The molecule has 0 amide bonds. The molecule has 0 aliphatic heterocycles. The monoisotopic (exact) mass is 259 g/mol. The van der Waals surface area contributed by atoms with Crippen LogP contribution in [0.1, 0.15) is 36.3 Å². The van der Waals surface area contributed by atoms with Gasteiger partial charge in [-0.3, -0.25) is 9.97 Å². The average Bonchev–Trinajstić information content (AvgIpc) is 2.43. The molecule has 0 radical (unpaired) electrons. The van der Waals surface area contributed by atoms with Gasteiger partial charge in [-0.2, -0.15) is 0 Å². The third-order valence-corrected chi connectivity index (χ3v) is 3.05. The highest BCUT2D eigenvalue weighted by Gasteiger charge is 2.12. The number of halogens is 1. The predicted molar refractivity (Wildman–Crippen MR) is 73.0 cm³/mol. The first-order valence-corrected chi connectivity index (χ1v) is 6.46. The van der Waals surface area contributed by atoms with Crippen LogP contribution in [0.3, 0.4) is 0 Å². The van der Waals surface area contributed by atoms with E-state index in [4.69, 9.17) is 0 Å². The maximum atomic E-state index is 13.7. The number of hydrogen-bond donors (Lipinski definition) is 1. The first-order valence-electron chi connectivity index (χ1n) is 6.46. The fourth-order valence-corrected chi connectivity index (χ4v) is 1.97. The van der Waals surface area contributed by atoms with E-state index in [1.807, 2.05) is 26.0 Å². The standard InChI is InChI=1S/C15H18FN3/c1-3-15(13-6-4-5-7-14(13)16)19-10-12-9-17-11(2)8-18-12/h4-9,15,19H,3,10H2,1-2H3. The number of hydrogen-bond acceptors (Lipinski definition) is 3. The summed E-state index contributed by atoms with van der Waals surface area (Å²) in [5.41, 5.74) is 2.45. The van der Waals surface area contributed by atoms with Crippen LogP contribution in [-0.2, 0) is 6.54 Å². The van der Waals surface area contributed by atoms with Crippen LogP contribution in [0, 0.1) is 12.7 Å². The van der Waals surface area contributed by atoms with Gasteiger partial charge in [0.1, 0.15) is 5.82 Å². The number of aryl methyl sites for hydroxylation is 1. The van der Waals surface area contributed by atoms with Crippen LogP contribution in [0.5, 0.6) is 0 Å². The van der Waals surface area contributed by atoms with Crippen molar-refractivity contribution in [3.63, 3.8) is 0 Å². The Kier molecular flexibility index (Phi) is 4.58. The molecule has 0 bridgehead atoms. The largest absolute Gasteiger partial charge is 0.304 e. The third-order valence-electron chi connectivity index (χ3n) is 3.05. The molecule has 100 valence electrons. The normalized spacial score (nSPS) is 12.4. The van der Waals surface area contributed by atoms with Crippen molar-refractivity contribution in [3.8, 4) is 0 Å². The molecule has 1 aromatic carbocycles. The van der Waals surface area contributed by atoms with Gasteiger partial charge in [0.2, 0.25) is 0 Å². The van der Waals surface area contributed by atoms with Crippen molar-refractivity contribution < 1.29 is 4.39 Å². The molecule has 0 aliphatic carbocycles. The lowest BCUT2D eigenvalue weighted by Crippen LogP contribution is -2.22. The molecule has 0 aliphatic rings. The Balaban J connectivity index is 2.04. The molecule has 4 heteroatoms. The Morgan fingerprint density at radius 3 is 2.63 bits per heavy atom. The van der Waals surface area contributed by atoms with E-state index in [1.54, 1.807) is 18.5 Å². The molecular weight excluding hydrogens is 241 g/mol. The molecule has 0 fully saturated rings. The predicted octanol–water partition coefficient (Wildman–Crippen LogP) is 3.17. The number of benzene rings is 1. The highest BCUT2D eigenvalue weighted by atomic mass is 19.1. The molecule has 3 nitrogen and oxygen atoms in total. The van der Waals surface area contributed by atoms with Crippen LogP contribution in [-0.4, -0.2) is 9.97 Å².